The van der Waals surface area contributed by atoms with Gasteiger partial charge in [-0.05, 0) is 18.2 Å². The summed E-state index contributed by atoms with van der Waals surface area (Å²) in [5.74, 6) is 0. The molecule has 0 radical (unpaired) electrons. The SMILES string of the molecule is C=CCN(C)S(=O)(=O)c1cc(Cl)ccc1N. The zero-order valence-electron chi connectivity index (χ0n) is 8.85. The van der Waals surface area contributed by atoms with Crippen molar-refractivity contribution in [1.82, 2.24) is 4.31 Å². The zero-order chi connectivity index (χ0) is 12.3. The second-order valence-corrected chi connectivity index (χ2v) is 5.71. The number of nitrogens with two attached hydrogens (primary N) is 1. The van der Waals surface area contributed by atoms with E-state index in [0.717, 1.165) is 4.31 Å². The van der Waals surface area contributed by atoms with E-state index < -0.39 is 10.0 Å². The number of likely N-dealkylation sites (N-methyl/N-ethyl adjacent to an activating group) is 1. The highest BCUT2D eigenvalue weighted by Crippen LogP contribution is 2.24. The summed E-state index contributed by atoms with van der Waals surface area (Å²) in [5.41, 5.74) is 5.80. The van der Waals surface area contributed by atoms with Crippen LogP contribution in [0, 0.1) is 0 Å². The summed E-state index contributed by atoms with van der Waals surface area (Å²) in [4.78, 5) is 0.0179. The number of anilines is 1. The third kappa shape index (κ3) is 2.55. The molecule has 0 atom stereocenters. The molecular formula is C10H13ClN2O2S. The number of halogens is 1. The van der Waals surface area contributed by atoms with Crippen molar-refractivity contribution in [2.45, 2.75) is 4.90 Å². The molecule has 0 bridgehead atoms. The Balaban J connectivity index is 3.26. The predicted octanol–water partition coefficient (Wildman–Crippen LogP) is 1.73. The van der Waals surface area contributed by atoms with Crippen molar-refractivity contribution in [3.8, 4) is 0 Å². The molecule has 6 heteroatoms. The average molecular weight is 261 g/mol. The molecule has 0 heterocycles. The van der Waals surface area contributed by atoms with Gasteiger partial charge in [0.05, 0.1) is 5.69 Å². The molecule has 1 aromatic rings. The number of hydrogen-bond donors (Lipinski definition) is 1. The minimum atomic E-state index is -3.60. The lowest BCUT2D eigenvalue weighted by Gasteiger charge is -2.16. The summed E-state index contributed by atoms with van der Waals surface area (Å²) in [7, 11) is -2.15. The van der Waals surface area contributed by atoms with Gasteiger partial charge in [-0.15, -0.1) is 6.58 Å². The first-order valence-corrected chi connectivity index (χ1v) is 6.33. The van der Waals surface area contributed by atoms with E-state index >= 15 is 0 Å². The van der Waals surface area contributed by atoms with Gasteiger partial charge in [-0.25, -0.2) is 8.42 Å². The van der Waals surface area contributed by atoms with Crippen LogP contribution < -0.4 is 5.73 Å². The first kappa shape index (κ1) is 13.0. The Morgan fingerprint density at radius 1 is 1.56 bits per heavy atom. The molecule has 4 nitrogen and oxygen atoms in total. The Bertz CT molecular complexity index is 500. The second kappa shape index (κ2) is 4.86. The summed E-state index contributed by atoms with van der Waals surface area (Å²) in [6.45, 7) is 3.70. The average Bonchev–Trinajstić information content (AvgIpc) is 2.22. The van der Waals surface area contributed by atoms with Gasteiger partial charge in [0.25, 0.3) is 0 Å². The minimum Gasteiger partial charge on any atom is -0.398 e. The summed E-state index contributed by atoms with van der Waals surface area (Å²) in [6.07, 6.45) is 1.50. The molecule has 0 spiro atoms. The van der Waals surface area contributed by atoms with Crippen LogP contribution in [0.1, 0.15) is 0 Å². The monoisotopic (exact) mass is 260 g/mol. The highest BCUT2D eigenvalue weighted by Gasteiger charge is 2.22. The Labute approximate surface area is 100 Å². The van der Waals surface area contributed by atoms with Gasteiger partial charge >= 0.3 is 0 Å². The van der Waals surface area contributed by atoms with Crippen molar-refractivity contribution >= 4 is 27.3 Å². The molecule has 0 amide bonds. The normalized spacial score (nSPS) is 11.7. The molecular weight excluding hydrogens is 248 g/mol. The van der Waals surface area contributed by atoms with Crippen LogP contribution in [-0.2, 0) is 10.0 Å². The molecule has 0 unspecified atom stereocenters. The van der Waals surface area contributed by atoms with Gasteiger partial charge in [0.1, 0.15) is 4.90 Å². The highest BCUT2D eigenvalue weighted by molar-refractivity contribution is 7.89. The number of rotatable bonds is 4. The predicted molar refractivity (Wildman–Crippen MR) is 65.9 cm³/mol. The van der Waals surface area contributed by atoms with E-state index in [9.17, 15) is 8.42 Å². The van der Waals surface area contributed by atoms with Gasteiger partial charge < -0.3 is 5.73 Å². The molecule has 1 aromatic carbocycles. The van der Waals surface area contributed by atoms with Crippen molar-refractivity contribution in [2.75, 3.05) is 19.3 Å². The second-order valence-electron chi connectivity index (χ2n) is 3.26. The van der Waals surface area contributed by atoms with Crippen LogP contribution in [0.4, 0.5) is 5.69 Å². The van der Waals surface area contributed by atoms with Gasteiger partial charge in [0.2, 0.25) is 10.0 Å². The molecule has 2 N–H and O–H groups in total. The quantitative estimate of drug-likeness (QED) is 0.662. The molecule has 0 saturated carbocycles. The summed E-state index contributed by atoms with van der Waals surface area (Å²) >= 11 is 5.75. The molecule has 16 heavy (non-hydrogen) atoms. The number of nitrogen functional groups attached to an aromatic ring is 1. The summed E-state index contributed by atoms with van der Waals surface area (Å²) in [6, 6.07) is 4.35. The molecule has 0 aliphatic heterocycles. The van der Waals surface area contributed by atoms with Gasteiger partial charge in [-0.3, -0.25) is 0 Å². The van der Waals surface area contributed by atoms with Crippen LogP contribution >= 0.6 is 11.6 Å². The van der Waals surface area contributed by atoms with Gasteiger partial charge in [0.15, 0.2) is 0 Å². The molecule has 0 aliphatic rings. The number of nitrogens with zero attached hydrogens (tertiary/aromatic N) is 1. The van der Waals surface area contributed by atoms with Crippen molar-refractivity contribution < 1.29 is 8.42 Å². The minimum absolute atomic E-state index is 0.0179. The van der Waals surface area contributed by atoms with Crippen LogP contribution in [0.2, 0.25) is 5.02 Å². The molecule has 88 valence electrons. The molecule has 0 aromatic heterocycles. The van der Waals surface area contributed by atoms with Gasteiger partial charge in [-0.2, -0.15) is 4.31 Å². The van der Waals surface area contributed by atoms with E-state index in [4.69, 9.17) is 17.3 Å². The number of benzene rings is 1. The zero-order valence-corrected chi connectivity index (χ0v) is 10.4. The van der Waals surface area contributed by atoms with E-state index in [2.05, 4.69) is 6.58 Å². The van der Waals surface area contributed by atoms with Crippen molar-refractivity contribution in [3.63, 3.8) is 0 Å². The van der Waals surface area contributed by atoms with Crippen LogP contribution in [-0.4, -0.2) is 26.3 Å². The fraction of sp³-hybridized carbons (Fsp3) is 0.200. The Hall–Kier alpha value is -1.04. The van der Waals surface area contributed by atoms with Crippen LogP contribution in [0.3, 0.4) is 0 Å². The standard InChI is InChI=1S/C10H13ClN2O2S/c1-3-6-13(2)16(14,15)10-7-8(11)4-5-9(10)12/h3-5,7H,1,6,12H2,2H3. The third-order valence-corrected chi connectivity index (χ3v) is 4.16. The van der Waals surface area contributed by atoms with Crippen molar-refractivity contribution in [3.05, 3.63) is 35.9 Å². The Morgan fingerprint density at radius 3 is 2.75 bits per heavy atom. The lowest BCUT2D eigenvalue weighted by molar-refractivity contribution is 0.500. The lowest BCUT2D eigenvalue weighted by atomic mass is 10.3. The van der Waals surface area contributed by atoms with E-state index in [1.807, 2.05) is 0 Å². The molecule has 0 saturated heterocycles. The fourth-order valence-electron chi connectivity index (χ4n) is 1.18. The summed E-state index contributed by atoms with van der Waals surface area (Å²) in [5, 5.41) is 0.333. The van der Waals surface area contributed by atoms with Gasteiger partial charge in [0, 0.05) is 18.6 Å². The molecule has 0 fully saturated rings. The highest BCUT2D eigenvalue weighted by atomic mass is 35.5. The summed E-state index contributed by atoms with van der Waals surface area (Å²) < 4.78 is 25.2. The van der Waals surface area contributed by atoms with Crippen molar-refractivity contribution in [2.24, 2.45) is 0 Å². The van der Waals surface area contributed by atoms with Crippen LogP contribution in [0.15, 0.2) is 35.7 Å². The lowest BCUT2D eigenvalue weighted by Crippen LogP contribution is -2.27. The van der Waals surface area contributed by atoms with E-state index in [1.54, 1.807) is 6.07 Å². The smallest absolute Gasteiger partial charge is 0.245 e. The van der Waals surface area contributed by atoms with Crippen LogP contribution in [0.5, 0.6) is 0 Å². The largest absolute Gasteiger partial charge is 0.398 e. The maximum absolute atomic E-state index is 12.0. The first-order valence-electron chi connectivity index (χ1n) is 4.52. The van der Waals surface area contributed by atoms with Crippen LogP contribution in [0.25, 0.3) is 0 Å². The maximum Gasteiger partial charge on any atom is 0.245 e. The molecule has 1 rings (SSSR count). The Morgan fingerprint density at radius 2 is 2.19 bits per heavy atom. The van der Waals surface area contributed by atoms with E-state index in [0.29, 0.717) is 5.02 Å². The van der Waals surface area contributed by atoms with E-state index in [-0.39, 0.29) is 17.1 Å². The molecule has 0 aliphatic carbocycles. The number of sulfonamides is 1. The Kier molecular flexibility index (Phi) is 3.96. The van der Waals surface area contributed by atoms with E-state index in [1.165, 1.54) is 25.3 Å². The van der Waals surface area contributed by atoms with Gasteiger partial charge in [-0.1, -0.05) is 17.7 Å². The third-order valence-electron chi connectivity index (χ3n) is 2.05. The number of hydrogen-bond acceptors (Lipinski definition) is 3. The topological polar surface area (TPSA) is 63.4 Å². The maximum atomic E-state index is 12.0. The van der Waals surface area contributed by atoms with Crippen molar-refractivity contribution in [1.29, 1.82) is 0 Å². The first-order chi connectivity index (χ1) is 7.39. The fourth-order valence-corrected chi connectivity index (χ4v) is 2.70.